The van der Waals surface area contributed by atoms with Gasteiger partial charge in [0.05, 0.1) is 36.1 Å². The maximum atomic E-state index is 12.3. The molecule has 0 atom stereocenters. The van der Waals surface area contributed by atoms with Gasteiger partial charge in [-0.1, -0.05) is 18.2 Å². The number of para-hydroxylation sites is 1. The molecule has 2 aromatic carbocycles. The molecule has 0 amide bonds. The Balaban J connectivity index is 1.67. The largest absolute Gasteiger partial charge is 0.462 e. The number of fused-ring (bicyclic) bond motifs is 1. The summed E-state index contributed by atoms with van der Waals surface area (Å²) in [7, 11) is 0. The third-order valence-corrected chi connectivity index (χ3v) is 4.76. The van der Waals surface area contributed by atoms with Crippen LogP contribution in [0.15, 0.2) is 67.0 Å². The van der Waals surface area contributed by atoms with Gasteiger partial charge < -0.3 is 14.8 Å². The monoisotopic (exact) mass is 412 g/mol. The average Bonchev–Trinajstić information content (AvgIpc) is 3.13. The zero-order valence-corrected chi connectivity index (χ0v) is 17.1. The normalized spacial score (nSPS) is 10.5. The molecule has 0 saturated carbocycles. The van der Waals surface area contributed by atoms with Gasteiger partial charge in [0.2, 0.25) is 5.69 Å². The van der Waals surface area contributed by atoms with Crippen LogP contribution in [-0.2, 0) is 4.74 Å². The first kappa shape index (κ1) is 20.0. The molecule has 0 aliphatic rings. The van der Waals surface area contributed by atoms with Crippen LogP contribution in [0.1, 0.15) is 22.8 Å². The van der Waals surface area contributed by atoms with Crippen LogP contribution in [0.5, 0.6) is 11.5 Å². The van der Waals surface area contributed by atoms with Crippen LogP contribution in [0.4, 0.5) is 17.1 Å². The molecule has 0 spiro atoms. The fraction of sp³-hybridized carbons (Fsp3) is 0.125. The fourth-order valence-electron chi connectivity index (χ4n) is 3.28. The van der Waals surface area contributed by atoms with Crippen molar-refractivity contribution in [2.45, 2.75) is 13.8 Å². The van der Waals surface area contributed by atoms with Crippen LogP contribution in [0.25, 0.3) is 10.4 Å². The number of hydrogen-bond donors (Lipinski definition) is 1. The van der Waals surface area contributed by atoms with Crippen molar-refractivity contribution in [1.82, 2.24) is 9.61 Å². The number of carbonyl (C=O) groups is 1. The Kier molecular flexibility index (Phi) is 5.54. The van der Waals surface area contributed by atoms with Crippen LogP contribution in [0.3, 0.4) is 0 Å². The predicted molar refractivity (Wildman–Crippen MR) is 118 cm³/mol. The molecule has 2 aromatic heterocycles. The van der Waals surface area contributed by atoms with Gasteiger partial charge in [0.1, 0.15) is 11.5 Å². The Hall–Kier alpha value is -4.31. The number of rotatable bonds is 6. The topological polar surface area (TPSA) is 69.2 Å². The van der Waals surface area contributed by atoms with E-state index < -0.39 is 5.97 Å². The molecule has 0 aliphatic heterocycles. The molecular weight excluding hydrogens is 392 g/mol. The number of carbonyl (C=O) groups excluding carboxylic acids is 1. The van der Waals surface area contributed by atoms with Gasteiger partial charge >= 0.3 is 5.97 Å². The minimum absolute atomic E-state index is 0.285. The summed E-state index contributed by atoms with van der Waals surface area (Å²) in [6.07, 6.45) is 3.10. The van der Waals surface area contributed by atoms with Crippen molar-refractivity contribution in [1.29, 1.82) is 0 Å². The lowest BCUT2D eigenvalue weighted by Gasteiger charge is -2.12. The summed E-state index contributed by atoms with van der Waals surface area (Å²) in [4.78, 5) is 15.9. The van der Waals surface area contributed by atoms with E-state index in [4.69, 9.17) is 16.0 Å². The number of aromatic nitrogens is 2. The Morgan fingerprint density at radius 3 is 2.52 bits per heavy atom. The van der Waals surface area contributed by atoms with Gasteiger partial charge in [-0.05, 0) is 55.8 Å². The zero-order chi connectivity index (χ0) is 21.8. The zero-order valence-electron chi connectivity index (χ0n) is 17.1. The summed E-state index contributed by atoms with van der Waals surface area (Å²) in [5.41, 5.74) is 3.48. The van der Waals surface area contributed by atoms with E-state index in [2.05, 4.69) is 15.3 Å². The van der Waals surface area contributed by atoms with Crippen LogP contribution in [0.2, 0.25) is 0 Å². The molecule has 7 nitrogen and oxygen atoms in total. The maximum Gasteiger partial charge on any atom is 0.340 e. The molecule has 0 saturated heterocycles. The molecule has 31 heavy (non-hydrogen) atoms. The van der Waals surface area contributed by atoms with Crippen LogP contribution < -0.4 is 10.1 Å². The van der Waals surface area contributed by atoms with Crippen LogP contribution in [0, 0.1) is 13.5 Å². The third-order valence-electron chi connectivity index (χ3n) is 4.76. The number of ether oxygens (including phenoxy) is 2. The first-order chi connectivity index (χ1) is 15.1. The molecule has 1 N–H and O–H groups in total. The minimum Gasteiger partial charge on any atom is -0.462 e. The lowest BCUT2D eigenvalue weighted by molar-refractivity contribution is 0.0525. The highest BCUT2D eigenvalue weighted by Crippen LogP contribution is 2.35. The van der Waals surface area contributed by atoms with Crippen LogP contribution in [-0.4, -0.2) is 22.2 Å². The van der Waals surface area contributed by atoms with Crippen molar-refractivity contribution < 1.29 is 14.3 Å². The van der Waals surface area contributed by atoms with E-state index in [-0.39, 0.29) is 6.61 Å². The quantitative estimate of drug-likeness (QED) is 0.315. The van der Waals surface area contributed by atoms with Gasteiger partial charge in [-0.15, -0.1) is 0 Å². The lowest BCUT2D eigenvalue weighted by atomic mass is 10.1. The van der Waals surface area contributed by atoms with Gasteiger partial charge in [-0.3, -0.25) is 0 Å². The maximum absolute atomic E-state index is 12.3. The number of nitrogens with one attached hydrogen (secondary N) is 1. The van der Waals surface area contributed by atoms with E-state index in [0.717, 1.165) is 11.4 Å². The molecule has 0 fully saturated rings. The van der Waals surface area contributed by atoms with E-state index >= 15 is 0 Å². The molecule has 0 radical (unpaired) electrons. The SMILES string of the molecule is [C-]#[N+]c1cnn2cc(C(=O)OCC)c(C)c2c1Nc1ccc(Oc2ccccc2)cc1. The van der Waals surface area contributed by atoms with E-state index in [0.29, 0.717) is 33.8 Å². The second kappa shape index (κ2) is 8.59. The molecule has 0 bridgehead atoms. The van der Waals surface area contributed by atoms with Crippen molar-refractivity contribution in [3.05, 3.63) is 89.5 Å². The Morgan fingerprint density at radius 2 is 1.84 bits per heavy atom. The Labute approximate surface area is 179 Å². The summed E-state index contributed by atoms with van der Waals surface area (Å²) in [6.45, 7) is 11.4. The summed E-state index contributed by atoms with van der Waals surface area (Å²) in [5.74, 6) is 1.04. The molecule has 0 aliphatic carbocycles. The number of hydrogen-bond acceptors (Lipinski definition) is 5. The van der Waals surface area contributed by atoms with Crippen molar-refractivity contribution in [3.8, 4) is 11.5 Å². The first-order valence-corrected chi connectivity index (χ1v) is 9.76. The number of benzene rings is 2. The molecule has 4 rings (SSSR count). The number of nitrogens with zero attached hydrogens (tertiary/aromatic N) is 3. The predicted octanol–water partition coefficient (Wildman–Crippen LogP) is 5.91. The highest BCUT2D eigenvalue weighted by atomic mass is 16.5. The van der Waals surface area contributed by atoms with Gasteiger partial charge in [-0.25, -0.2) is 14.2 Å². The summed E-state index contributed by atoms with van der Waals surface area (Å²) in [6, 6.07) is 17.0. The highest BCUT2D eigenvalue weighted by molar-refractivity contribution is 5.98. The molecule has 0 unspecified atom stereocenters. The van der Waals surface area contributed by atoms with Gasteiger partial charge in [-0.2, -0.15) is 5.10 Å². The van der Waals surface area contributed by atoms with E-state index in [1.807, 2.05) is 61.5 Å². The van der Waals surface area contributed by atoms with Gasteiger partial charge in [0.15, 0.2) is 0 Å². The van der Waals surface area contributed by atoms with Crippen LogP contribution >= 0.6 is 0 Å². The lowest BCUT2D eigenvalue weighted by Crippen LogP contribution is -2.04. The minimum atomic E-state index is -0.414. The van der Waals surface area contributed by atoms with E-state index in [9.17, 15) is 4.79 Å². The summed E-state index contributed by atoms with van der Waals surface area (Å²) >= 11 is 0. The second-order valence-corrected chi connectivity index (χ2v) is 6.76. The van der Waals surface area contributed by atoms with Crippen molar-refractivity contribution >= 4 is 28.5 Å². The van der Waals surface area contributed by atoms with E-state index in [1.54, 1.807) is 17.6 Å². The Morgan fingerprint density at radius 1 is 1.13 bits per heavy atom. The average molecular weight is 412 g/mol. The van der Waals surface area contributed by atoms with Crippen molar-refractivity contribution in [2.24, 2.45) is 0 Å². The molecule has 2 heterocycles. The van der Waals surface area contributed by atoms with E-state index in [1.165, 1.54) is 6.20 Å². The molecule has 154 valence electrons. The highest BCUT2D eigenvalue weighted by Gasteiger charge is 2.20. The van der Waals surface area contributed by atoms with Crippen molar-refractivity contribution in [2.75, 3.05) is 11.9 Å². The summed E-state index contributed by atoms with van der Waals surface area (Å²) < 4.78 is 12.6. The summed E-state index contributed by atoms with van der Waals surface area (Å²) in [5, 5.41) is 7.57. The Bertz CT molecular complexity index is 1270. The third kappa shape index (κ3) is 4.05. The first-order valence-electron chi connectivity index (χ1n) is 9.76. The molecule has 4 aromatic rings. The standard InChI is InChI=1S/C24H20N4O3/c1-4-30-24(29)20-15-28-23(16(20)2)22(21(25-3)14-26-28)27-17-10-12-19(13-11-17)31-18-8-6-5-7-9-18/h5-15,27H,4H2,1-2H3. The number of aryl methyl sites for hydroxylation is 1. The van der Waals surface area contributed by atoms with Gasteiger partial charge in [0, 0.05) is 11.9 Å². The van der Waals surface area contributed by atoms with Crippen molar-refractivity contribution in [3.63, 3.8) is 0 Å². The fourth-order valence-corrected chi connectivity index (χ4v) is 3.28. The second-order valence-electron chi connectivity index (χ2n) is 6.76. The molecule has 7 heteroatoms. The van der Waals surface area contributed by atoms with Gasteiger partial charge in [0.25, 0.3) is 0 Å². The smallest absolute Gasteiger partial charge is 0.340 e. The number of anilines is 2. The molecular formula is C24H20N4O3. The number of esters is 1.